The van der Waals surface area contributed by atoms with Gasteiger partial charge in [0.15, 0.2) is 5.78 Å². The minimum Gasteiger partial charge on any atom is -0.468 e. The largest absolute Gasteiger partial charge is 0.468 e. The van der Waals surface area contributed by atoms with Gasteiger partial charge in [0, 0.05) is 25.2 Å². The van der Waals surface area contributed by atoms with E-state index in [4.69, 9.17) is 0 Å². The van der Waals surface area contributed by atoms with E-state index in [0.29, 0.717) is 30.4 Å². The number of hydrogen-bond acceptors (Lipinski definition) is 6. The zero-order valence-corrected chi connectivity index (χ0v) is 12.8. The molecule has 0 aromatic carbocycles. The first-order chi connectivity index (χ1) is 11.0. The number of rotatable bonds is 2. The zero-order valence-electron chi connectivity index (χ0n) is 12.8. The van der Waals surface area contributed by atoms with Gasteiger partial charge in [0.2, 0.25) is 0 Å². The Labute approximate surface area is 130 Å². The van der Waals surface area contributed by atoms with Crippen molar-refractivity contribution in [2.24, 2.45) is 7.05 Å². The predicted octanol–water partition coefficient (Wildman–Crippen LogP) is -0.213. The van der Waals surface area contributed by atoms with Crippen molar-refractivity contribution in [2.45, 2.75) is 25.8 Å². The van der Waals surface area contributed by atoms with Crippen LogP contribution in [0, 0.1) is 0 Å². The lowest BCUT2D eigenvalue weighted by Gasteiger charge is -2.17. The number of fused-ring (bicyclic) bond motifs is 3. The van der Waals surface area contributed by atoms with Gasteiger partial charge in [-0.1, -0.05) is 0 Å². The number of aryl methyl sites for hydroxylation is 2. The Hall–Kier alpha value is -2.77. The van der Waals surface area contributed by atoms with Gasteiger partial charge in [-0.25, -0.2) is 14.3 Å². The van der Waals surface area contributed by atoms with Gasteiger partial charge < -0.3 is 4.74 Å². The highest BCUT2D eigenvalue weighted by molar-refractivity contribution is 6.01. The average Bonchev–Trinajstić information content (AvgIpc) is 2.55. The Kier molecular flexibility index (Phi) is 3.59. The molecule has 120 valence electrons. The maximum absolute atomic E-state index is 12.7. The second kappa shape index (κ2) is 5.45. The number of Topliss-reactive ketones (excluding diaryl/α,β-unsaturated/α-hetero) is 1. The van der Waals surface area contributed by atoms with Crippen molar-refractivity contribution >= 4 is 22.8 Å². The van der Waals surface area contributed by atoms with Crippen molar-refractivity contribution in [3.63, 3.8) is 0 Å². The highest BCUT2D eigenvalue weighted by Gasteiger charge is 2.24. The molecule has 2 aromatic rings. The summed E-state index contributed by atoms with van der Waals surface area (Å²) in [6, 6.07) is 0. The summed E-state index contributed by atoms with van der Waals surface area (Å²) in [6.07, 6.45) is 3.04. The lowest BCUT2D eigenvalue weighted by Crippen LogP contribution is -2.42. The maximum atomic E-state index is 12.7. The maximum Gasteiger partial charge on any atom is 0.332 e. The molecule has 0 saturated heterocycles. The molecule has 0 N–H and O–H groups in total. The standard InChI is InChI=1S/C15H15N3O5/c1-17-13-12(8-4-3-5-10(19)9(8)6-16-13)14(21)18(15(17)22)7-11(20)23-2/h6H,3-5,7H2,1-2H3. The number of pyridine rings is 1. The molecule has 0 amide bonds. The lowest BCUT2D eigenvalue weighted by atomic mass is 9.90. The van der Waals surface area contributed by atoms with E-state index < -0.39 is 23.8 Å². The van der Waals surface area contributed by atoms with Crippen molar-refractivity contribution in [3.8, 4) is 0 Å². The van der Waals surface area contributed by atoms with Gasteiger partial charge in [0.1, 0.15) is 12.2 Å². The van der Waals surface area contributed by atoms with Crippen LogP contribution in [0.4, 0.5) is 0 Å². The number of ether oxygens (including phenoxy) is 1. The summed E-state index contributed by atoms with van der Waals surface area (Å²) in [4.78, 5) is 52.6. The smallest absolute Gasteiger partial charge is 0.332 e. The summed E-state index contributed by atoms with van der Waals surface area (Å²) in [5, 5.41) is 0.224. The lowest BCUT2D eigenvalue weighted by molar-refractivity contribution is -0.141. The minimum absolute atomic E-state index is 0.0616. The third-order valence-electron chi connectivity index (χ3n) is 4.11. The minimum atomic E-state index is -0.697. The van der Waals surface area contributed by atoms with Crippen LogP contribution in [-0.2, 0) is 29.5 Å². The van der Waals surface area contributed by atoms with Crippen LogP contribution < -0.4 is 11.2 Å². The first kappa shape index (κ1) is 15.1. The van der Waals surface area contributed by atoms with Crippen molar-refractivity contribution < 1.29 is 14.3 Å². The second-order valence-electron chi connectivity index (χ2n) is 5.43. The number of carbonyl (C=O) groups is 2. The molecule has 2 heterocycles. The zero-order chi connectivity index (χ0) is 16.7. The van der Waals surface area contributed by atoms with Gasteiger partial charge in [-0.15, -0.1) is 0 Å². The average molecular weight is 317 g/mol. The number of hydrogen-bond donors (Lipinski definition) is 0. The van der Waals surface area contributed by atoms with E-state index in [-0.39, 0.29) is 16.8 Å². The highest BCUT2D eigenvalue weighted by atomic mass is 16.5. The van der Waals surface area contributed by atoms with Crippen molar-refractivity contribution in [1.29, 1.82) is 0 Å². The highest BCUT2D eigenvalue weighted by Crippen LogP contribution is 2.24. The molecule has 2 aromatic heterocycles. The van der Waals surface area contributed by atoms with Crippen LogP contribution >= 0.6 is 0 Å². The Morgan fingerprint density at radius 2 is 2.04 bits per heavy atom. The molecule has 0 radical (unpaired) electrons. The summed E-state index contributed by atoms with van der Waals surface area (Å²) < 4.78 is 6.55. The number of carbonyl (C=O) groups excluding carboxylic acids is 2. The molecule has 1 aliphatic rings. The van der Waals surface area contributed by atoms with Crippen LogP contribution in [0.2, 0.25) is 0 Å². The molecule has 1 aliphatic carbocycles. The molecule has 0 spiro atoms. The Bertz CT molecular complexity index is 954. The predicted molar refractivity (Wildman–Crippen MR) is 80.5 cm³/mol. The van der Waals surface area contributed by atoms with E-state index in [1.165, 1.54) is 24.9 Å². The molecular formula is C15H15N3O5. The summed E-state index contributed by atoms with van der Waals surface area (Å²) in [5.41, 5.74) is -0.0285. The van der Waals surface area contributed by atoms with Crippen LogP contribution in [0.3, 0.4) is 0 Å². The van der Waals surface area contributed by atoms with E-state index in [0.717, 1.165) is 4.57 Å². The number of ketones is 1. The summed E-state index contributed by atoms with van der Waals surface area (Å²) >= 11 is 0. The normalized spacial score (nSPS) is 13.9. The molecule has 0 unspecified atom stereocenters. The summed E-state index contributed by atoms with van der Waals surface area (Å²) in [7, 11) is 2.66. The molecule has 0 atom stereocenters. The second-order valence-corrected chi connectivity index (χ2v) is 5.43. The molecule has 0 aliphatic heterocycles. The Morgan fingerprint density at radius 1 is 1.30 bits per heavy atom. The summed E-state index contributed by atoms with van der Waals surface area (Å²) in [5.74, 6) is -0.759. The number of aromatic nitrogens is 3. The van der Waals surface area contributed by atoms with E-state index in [9.17, 15) is 19.2 Å². The van der Waals surface area contributed by atoms with Crippen LogP contribution in [0.15, 0.2) is 15.8 Å². The van der Waals surface area contributed by atoms with Gasteiger partial charge in [-0.3, -0.25) is 19.0 Å². The molecule has 8 nitrogen and oxygen atoms in total. The Balaban J connectivity index is 2.40. The molecular weight excluding hydrogens is 302 g/mol. The number of nitrogens with zero attached hydrogens (tertiary/aromatic N) is 3. The monoisotopic (exact) mass is 317 g/mol. The molecule has 3 rings (SSSR count). The number of esters is 1. The van der Waals surface area contributed by atoms with Gasteiger partial charge >= 0.3 is 11.7 Å². The SMILES string of the molecule is COC(=O)Cn1c(=O)c2c3c(cnc2n(C)c1=O)C(=O)CCC3. The fourth-order valence-corrected chi connectivity index (χ4v) is 2.90. The van der Waals surface area contributed by atoms with Crippen molar-refractivity contribution in [3.05, 3.63) is 38.2 Å². The van der Waals surface area contributed by atoms with E-state index >= 15 is 0 Å². The fraction of sp³-hybridized carbons (Fsp3) is 0.400. The van der Waals surface area contributed by atoms with Crippen LogP contribution in [-0.4, -0.2) is 33.0 Å². The molecule has 0 bridgehead atoms. The molecule has 8 heteroatoms. The van der Waals surface area contributed by atoms with Crippen molar-refractivity contribution in [2.75, 3.05) is 7.11 Å². The molecule has 0 fully saturated rings. The van der Waals surface area contributed by atoms with E-state index in [1.54, 1.807) is 0 Å². The number of methoxy groups -OCH3 is 1. The van der Waals surface area contributed by atoms with Gasteiger partial charge in [0.05, 0.1) is 12.5 Å². The molecule has 23 heavy (non-hydrogen) atoms. The van der Waals surface area contributed by atoms with Crippen LogP contribution in [0.5, 0.6) is 0 Å². The van der Waals surface area contributed by atoms with E-state index in [1.807, 2.05) is 0 Å². The van der Waals surface area contributed by atoms with Gasteiger partial charge in [0.25, 0.3) is 5.56 Å². The van der Waals surface area contributed by atoms with Crippen molar-refractivity contribution in [1.82, 2.24) is 14.1 Å². The summed E-state index contributed by atoms with van der Waals surface area (Å²) in [6.45, 7) is -0.477. The topological polar surface area (TPSA) is 100 Å². The van der Waals surface area contributed by atoms with Gasteiger partial charge in [-0.2, -0.15) is 0 Å². The fourth-order valence-electron chi connectivity index (χ4n) is 2.90. The first-order valence-electron chi connectivity index (χ1n) is 7.17. The third kappa shape index (κ3) is 2.26. The Morgan fingerprint density at radius 3 is 2.74 bits per heavy atom. The van der Waals surface area contributed by atoms with Gasteiger partial charge in [-0.05, 0) is 18.4 Å². The van der Waals surface area contributed by atoms with Crippen LogP contribution in [0.25, 0.3) is 11.0 Å². The molecule has 0 saturated carbocycles. The van der Waals surface area contributed by atoms with Crippen LogP contribution in [0.1, 0.15) is 28.8 Å². The van der Waals surface area contributed by atoms with E-state index in [2.05, 4.69) is 9.72 Å². The quantitative estimate of drug-likeness (QED) is 0.710. The first-order valence-corrected chi connectivity index (χ1v) is 7.17. The third-order valence-corrected chi connectivity index (χ3v) is 4.11.